The van der Waals surface area contributed by atoms with E-state index < -0.39 is 5.82 Å². The summed E-state index contributed by atoms with van der Waals surface area (Å²) in [6.07, 6.45) is 1.46. The molecule has 1 N–H and O–H groups in total. The molecule has 0 amide bonds. The number of phenolic OH excluding ortho intramolecular Hbond substituents is 1. The average molecular weight is 257 g/mol. The van der Waals surface area contributed by atoms with Gasteiger partial charge in [0.2, 0.25) is 0 Å². The summed E-state index contributed by atoms with van der Waals surface area (Å²) < 4.78 is 18.7. The van der Waals surface area contributed by atoms with E-state index in [1.165, 1.54) is 24.5 Å². The largest absolute Gasteiger partial charge is 0.507 e. The maximum atomic E-state index is 12.9. The lowest BCUT2D eigenvalue weighted by Crippen LogP contribution is -1.80. The summed E-state index contributed by atoms with van der Waals surface area (Å²) in [6, 6.07) is 5.38. The topological polar surface area (TPSA) is 33.4 Å². The van der Waals surface area contributed by atoms with Gasteiger partial charge in [-0.05, 0) is 40.2 Å². The summed E-state index contributed by atoms with van der Waals surface area (Å²) in [5.74, 6) is -0.00912. The van der Waals surface area contributed by atoms with Crippen molar-refractivity contribution in [1.29, 1.82) is 0 Å². The van der Waals surface area contributed by atoms with Gasteiger partial charge in [-0.3, -0.25) is 0 Å². The summed E-state index contributed by atoms with van der Waals surface area (Å²) >= 11 is 3.23. The van der Waals surface area contributed by atoms with Crippen LogP contribution in [0.1, 0.15) is 0 Å². The molecule has 1 aromatic heterocycles. The van der Waals surface area contributed by atoms with Crippen molar-refractivity contribution in [3.8, 4) is 17.1 Å². The van der Waals surface area contributed by atoms with Gasteiger partial charge in [-0.2, -0.15) is 0 Å². The third kappa shape index (κ3) is 1.53. The predicted molar refractivity (Wildman–Crippen MR) is 53.5 cm³/mol. The highest BCUT2D eigenvalue weighted by Gasteiger charge is 2.11. The second-order valence-corrected chi connectivity index (χ2v) is 3.61. The molecule has 0 bridgehead atoms. The van der Waals surface area contributed by atoms with Gasteiger partial charge in [-0.15, -0.1) is 0 Å². The van der Waals surface area contributed by atoms with Crippen LogP contribution < -0.4 is 0 Å². The minimum Gasteiger partial charge on any atom is -0.507 e. The molecule has 2 rings (SSSR count). The van der Waals surface area contributed by atoms with Crippen LogP contribution in [0.3, 0.4) is 0 Å². The Hall–Kier alpha value is -1.29. The normalized spacial score (nSPS) is 10.4. The molecule has 0 fully saturated rings. The number of aromatic hydroxyl groups is 1. The second kappa shape index (κ2) is 3.46. The lowest BCUT2D eigenvalue weighted by molar-refractivity contribution is 0.471. The van der Waals surface area contributed by atoms with E-state index in [0.717, 1.165) is 0 Å². The van der Waals surface area contributed by atoms with Crippen LogP contribution in [-0.4, -0.2) is 5.11 Å². The number of hydrogen-bond donors (Lipinski definition) is 1. The lowest BCUT2D eigenvalue weighted by atomic mass is 10.1. The molecule has 0 aliphatic rings. The molecule has 0 atom stereocenters. The Bertz CT molecular complexity index is 465. The zero-order valence-electron chi connectivity index (χ0n) is 7.00. The molecule has 2 nitrogen and oxygen atoms in total. The highest BCUT2D eigenvalue weighted by atomic mass is 79.9. The van der Waals surface area contributed by atoms with Crippen molar-refractivity contribution in [1.82, 2.24) is 0 Å². The first-order valence-electron chi connectivity index (χ1n) is 3.90. The van der Waals surface area contributed by atoms with E-state index in [9.17, 15) is 9.50 Å². The molecule has 0 saturated heterocycles. The molecule has 4 heteroatoms. The quantitative estimate of drug-likeness (QED) is 0.847. The fourth-order valence-electron chi connectivity index (χ4n) is 1.18. The first kappa shape index (κ1) is 9.27. The van der Waals surface area contributed by atoms with Crippen molar-refractivity contribution in [3.63, 3.8) is 0 Å². The van der Waals surface area contributed by atoms with Crippen LogP contribution in [0.15, 0.2) is 39.4 Å². The third-order valence-corrected chi connectivity index (χ3v) is 2.44. The molecule has 1 aromatic carbocycles. The number of halogens is 2. The van der Waals surface area contributed by atoms with Gasteiger partial charge in [0.15, 0.2) is 5.76 Å². The van der Waals surface area contributed by atoms with Crippen LogP contribution in [-0.2, 0) is 0 Å². The zero-order valence-corrected chi connectivity index (χ0v) is 8.58. The zero-order chi connectivity index (χ0) is 10.1. The summed E-state index contributed by atoms with van der Waals surface area (Å²) in [4.78, 5) is 0. The van der Waals surface area contributed by atoms with Gasteiger partial charge in [0, 0.05) is 0 Å². The molecule has 72 valence electrons. The molecule has 0 unspecified atom stereocenters. The van der Waals surface area contributed by atoms with E-state index in [1.807, 2.05) is 0 Å². The standard InChI is InChI=1S/C10H6BrFO2/c11-8-3-4-14-10(8)7-5-6(12)1-2-9(7)13/h1-5,13H. The first-order chi connectivity index (χ1) is 6.68. The third-order valence-electron chi connectivity index (χ3n) is 1.82. The number of hydrogen-bond acceptors (Lipinski definition) is 2. The molecule has 1 heterocycles. The van der Waals surface area contributed by atoms with E-state index in [1.54, 1.807) is 6.07 Å². The molecule has 0 saturated carbocycles. The maximum Gasteiger partial charge on any atom is 0.151 e. The Morgan fingerprint density at radius 3 is 2.71 bits per heavy atom. The van der Waals surface area contributed by atoms with E-state index in [2.05, 4.69) is 15.9 Å². The fraction of sp³-hybridized carbons (Fsp3) is 0. The van der Waals surface area contributed by atoms with Crippen molar-refractivity contribution in [2.75, 3.05) is 0 Å². The van der Waals surface area contributed by atoms with Crippen LogP contribution in [0.25, 0.3) is 11.3 Å². The van der Waals surface area contributed by atoms with Gasteiger partial charge in [-0.25, -0.2) is 4.39 Å². The Labute approximate surface area is 88.1 Å². The van der Waals surface area contributed by atoms with E-state index in [0.29, 0.717) is 15.8 Å². The van der Waals surface area contributed by atoms with Crippen LogP contribution in [0.2, 0.25) is 0 Å². The van der Waals surface area contributed by atoms with Crippen LogP contribution in [0.4, 0.5) is 4.39 Å². The highest BCUT2D eigenvalue weighted by molar-refractivity contribution is 9.10. The second-order valence-electron chi connectivity index (χ2n) is 2.76. The molecule has 14 heavy (non-hydrogen) atoms. The Balaban J connectivity index is 2.62. The number of rotatable bonds is 1. The molecular weight excluding hydrogens is 251 g/mol. The van der Waals surface area contributed by atoms with Gasteiger partial charge in [0.25, 0.3) is 0 Å². The number of benzene rings is 1. The summed E-state index contributed by atoms with van der Waals surface area (Å²) in [5, 5.41) is 9.48. The molecule has 0 radical (unpaired) electrons. The average Bonchev–Trinajstić information content (AvgIpc) is 2.56. The van der Waals surface area contributed by atoms with Gasteiger partial charge < -0.3 is 9.52 Å². The smallest absolute Gasteiger partial charge is 0.151 e. The van der Waals surface area contributed by atoms with Crippen molar-refractivity contribution in [2.24, 2.45) is 0 Å². The van der Waals surface area contributed by atoms with Crippen molar-refractivity contribution in [2.45, 2.75) is 0 Å². The van der Waals surface area contributed by atoms with Crippen LogP contribution >= 0.6 is 15.9 Å². The van der Waals surface area contributed by atoms with Crippen molar-refractivity contribution in [3.05, 3.63) is 40.8 Å². The van der Waals surface area contributed by atoms with E-state index in [4.69, 9.17) is 4.42 Å². The molecule has 2 aromatic rings. The van der Waals surface area contributed by atoms with Crippen LogP contribution in [0, 0.1) is 5.82 Å². The van der Waals surface area contributed by atoms with Crippen molar-refractivity contribution < 1.29 is 13.9 Å². The maximum absolute atomic E-state index is 12.9. The monoisotopic (exact) mass is 256 g/mol. The highest BCUT2D eigenvalue weighted by Crippen LogP contribution is 2.35. The first-order valence-corrected chi connectivity index (χ1v) is 4.69. The molecule has 0 spiro atoms. The lowest BCUT2D eigenvalue weighted by Gasteiger charge is -2.01. The Morgan fingerprint density at radius 2 is 2.07 bits per heavy atom. The fourth-order valence-corrected chi connectivity index (χ4v) is 1.59. The van der Waals surface area contributed by atoms with Gasteiger partial charge >= 0.3 is 0 Å². The molecule has 0 aliphatic carbocycles. The molecular formula is C10H6BrFO2. The van der Waals surface area contributed by atoms with Gasteiger partial charge in [-0.1, -0.05) is 0 Å². The van der Waals surface area contributed by atoms with E-state index in [-0.39, 0.29) is 5.75 Å². The summed E-state index contributed by atoms with van der Waals surface area (Å²) in [6.45, 7) is 0. The van der Waals surface area contributed by atoms with Gasteiger partial charge in [0.1, 0.15) is 11.6 Å². The van der Waals surface area contributed by atoms with E-state index >= 15 is 0 Å². The molecule has 0 aliphatic heterocycles. The number of phenols is 1. The predicted octanol–water partition coefficient (Wildman–Crippen LogP) is 3.55. The summed E-state index contributed by atoms with van der Waals surface area (Å²) in [5.41, 5.74) is 0.335. The number of furan rings is 1. The Kier molecular flexibility index (Phi) is 2.29. The Morgan fingerprint density at radius 1 is 1.29 bits per heavy atom. The van der Waals surface area contributed by atoms with Crippen molar-refractivity contribution >= 4 is 15.9 Å². The SMILES string of the molecule is Oc1ccc(F)cc1-c1occc1Br. The minimum absolute atomic E-state index is 0.0120. The minimum atomic E-state index is -0.416. The van der Waals surface area contributed by atoms with Crippen LogP contribution in [0.5, 0.6) is 5.75 Å². The summed E-state index contributed by atoms with van der Waals surface area (Å²) in [7, 11) is 0. The van der Waals surface area contributed by atoms with Gasteiger partial charge in [0.05, 0.1) is 16.3 Å².